The van der Waals surface area contributed by atoms with Crippen LogP contribution in [0.5, 0.6) is 0 Å². The van der Waals surface area contributed by atoms with Crippen molar-refractivity contribution in [2.24, 2.45) is 5.73 Å². The fourth-order valence-corrected chi connectivity index (χ4v) is 2.02. The van der Waals surface area contributed by atoms with Crippen LogP contribution < -0.4 is 11.1 Å². The third-order valence-electron chi connectivity index (χ3n) is 2.11. The highest BCUT2D eigenvalue weighted by Crippen LogP contribution is 2.19. The van der Waals surface area contributed by atoms with Gasteiger partial charge >= 0.3 is 0 Å². The molecular weight excluding hydrogens is 182 g/mol. The highest BCUT2D eigenvalue weighted by molar-refractivity contribution is 7.09. The van der Waals surface area contributed by atoms with Gasteiger partial charge in [0, 0.05) is 24.4 Å². The van der Waals surface area contributed by atoms with Crippen molar-refractivity contribution in [1.82, 2.24) is 10.3 Å². The van der Waals surface area contributed by atoms with Gasteiger partial charge in [-0.15, -0.1) is 11.3 Å². The fourth-order valence-electron chi connectivity index (χ4n) is 1.20. The molecule has 0 atom stereocenters. The van der Waals surface area contributed by atoms with Crippen molar-refractivity contribution in [3.05, 3.63) is 16.1 Å². The van der Waals surface area contributed by atoms with E-state index < -0.39 is 0 Å². The average molecular weight is 197 g/mol. The number of nitrogens with zero attached hydrogens (tertiary/aromatic N) is 1. The standard InChI is InChI=1S/C9H15N3S/c10-4-3-9-12-8(6-13-9)5-11-7-1-2-7/h6-7,11H,1-5,10H2. The summed E-state index contributed by atoms with van der Waals surface area (Å²) in [7, 11) is 0. The maximum absolute atomic E-state index is 5.45. The third-order valence-corrected chi connectivity index (χ3v) is 3.06. The monoisotopic (exact) mass is 197 g/mol. The molecule has 4 heteroatoms. The molecule has 0 saturated heterocycles. The minimum Gasteiger partial charge on any atom is -0.330 e. The van der Waals surface area contributed by atoms with Crippen LogP contribution in [0, 0.1) is 0 Å². The zero-order valence-corrected chi connectivity index (χ0v) is 8.44. The number of rotatable bonds is 5. The number of nitrogens with one attached hydrogen (secondary N) is 1. The lowest BCUT2D eigenvalue weighted by Crippen LogP contribution is -2.15. The smallest absolute Gasteiger partial charge is 0.0941 e. The number of thiazole rings is 1. The van der Waals surface area contributed by atoms with Crippen molar-refractivity contribution in [3.63, 3.8) is 0 Å². The van der Waals surface area contributed by atoms with Crippen LogP contribution in [0.4, 0.5) is 0 Å². The summed E-state index contributed by atoms with van der Waals surface area (Å²) in [5.74, 6) is 0. The van der Waals surface area contributed by atoms with Crippen molar-refractivity contribution in [2.45, 2.75) is 31.8 Å². The molecule has 0 unspecified atom stereocenters. The molecule has 13 heavy (non-hydrogen) atoms. The summed E-state index contributed by atoms with van der Waals surface area (Å²) >= 11 is 1.72. The van der Waals surface area contributed by atoms with Gasteiger partial charge in [-0.2, -0.15) is 0 Å². The molecule has 1 aliphatic rings. The molecule has 0 aromatic carbocycles. The van der Waals surface area contributed by atoms with Crippen LogP contribution >= 0.6 is 11.3 Å². The first-order valence-corrected chi connectivity index (χ1v) is 5.63. The average Bonchev–Trinajstić information content (AvgIpc) is 2.85. The summed E-state index contributed by atoms with van der Waals surface area (Å²) in [6.07, 6.45) is 3.58. The predicted molar refractivity (Wildman–Crippen MR) is 54.7 cm³/mol. The van der Waals surface area contributed by atoms with Gasteiger partial charge in [-0.25, -0.2) is 4.98 Å². The van der Waals surface area contributed by atoms with Crippen molar-refractivity contribution in [1.29, 1.82) is 0 Å². The molecule has 1 aromatic rings. The number of aromatic nitrogens is 1. The van der Waals surface area contributed by atoms with Gasteiger partial charge in [0.1, 0.15) is 0 Å². The topological polar surface area (TPSA) is 50.9 Å². The molecule has 72 valence electrons. The Morgan fingerprint density at radius 3 is 3.15 bits per heavy atom. The lowest BCUT2D eigenvalue weighted by atomic mass is 10.4. The van der Waals surface area contributed by atoms with Gasteiger partial charge in [-0.05, 0) is 19.4 Å². The van der Waals surface area contributed by atoms with E-state index >= 15 is 0 Å². The molecule has 2 rings (SSSR count). The molecule has 1 aliphatic carbocycles. The first-order chi connectivity index (χ1) is 6.38. The summed E-state index contributed by atoms with van der Waals surface area (Å²) in [4.78, 5) is 4.48. The summed E-state index contributed by atoms with van der Waals surface area (Å²) in [5.41, 5.74) is 6.62. The van der Waals surface area contributed by atoms with Crippen molar-refractivity contribution in [2.75, 3.05) is 6.54 Å². The summed E-state index contributed by atoms with van der Waals surface area (Å²) in [6, 6.07) is 0.764. The first kappa shape index (κ1) is 9.12. The quantitative estimate of drug-likeness (QED) is 0.737. The largest absolute Gasteiger partial charge is 0.330 e. The van der Waals surface area contributed by atoms with Gasteiger partial charge in [-0.1, -0.05) is 0 Å². The molecule has 0 bridgehead atoms. The van der Waals surface area contributed by atoms with E-state index in [0.717, 1.165) is 24.0 Å². The molecule has 1 fully saturated rings. The maximum Gasteiger partial charge on any atom is 0.0941 e. The molecule has 0 amide bonds. The number of nitrogens with two attached hydrogens (primary N) is 1. The van der Waals surface area contributed by atoms with Crippen LogP contribution in [0.15, 0.2) is 5.38 Å². The molecule has 0 spiro atoms. The van der Waals surface area contributed by atoms with Gasteiger partial charge in [-0.3, -0.25) is 0 Å². The van der Waals surface area contributed by atoms with Gasteiger partial charge in [0.25, 0.3) is 0 Å². The van der Waals surface area contributed by atoms with Crippen LogP contribution in [-0.4, -0.2) is 17.6 Å². The van der Waals surface area contributed by atoms with Crippen LogP contribution in [0.25, 0.3) is 0 Å². The second kappa shape index (κ2) is 4.17. The molecular formula is C9H15N3S. The summed E-state index contributed by atoms with van der Waals surface area (Å²) < 4.78 is 0. The zero-order chi connectivity index (χ0) is 9.10. The Morgan fingerprint density at radius 2 is 2.46 bits per heavy atom. The SMILES string of the molecule is NCCc1nc(CNC2CC2)cs1. The normalized spacial score (nSPS) is 16.4. The van der Waals surface area contributed by atoms with Crippen LogP contribution in [0.3, 0.4) is 0 Å². The minimum absolute atomic E-state index is 0.697. The molecule has 1 heterocycles. The van der Waals surface area contributed by atoms with Crippen LogP contribution in [0.1, 0.15) is 23.5 Å². The van der Waals surface area contributed by atoms with Gasteiger partial charge in [0.15, 0.2) is 0 Å². The molecule has 3 nitrogen and oxygen atoms in total. The summed E-state index contributed by atoms with van der Waals surface area (Å²) in [6.45, 7) is 1.62. The Hall–Kier alpha value is -0.450. The molecule has 3 N–H and O–H groups in total. The lowest BCUT2D eigenvalue weighted by molar-refractivity contribution is 0.675. The van der Waals surface area contributed by atoms with E-state index in [1.54, 1.807) is 11.3 Å². The Labute approximate surface area is 82.4 Å². The second-order valence-corrected chi connectivity index (χ2v) is 4.37. The summed E-state index contributed by atoms with van der Waals surface area (Å²) in [5, 5.41) is 6.73. The Balaban J connectivity index is 1.81. The maximum atomic E-state index is 5.45. The fraction of sp³-hybridized carbons (Fsp3) is 0.667. The van der Waals surface area contributed by atoms with E-state index in [-0.39, 0.29) is 0 Å². The first-order valence-electron chi connectivity index (χ1n) is 4.75. The molecule has 1 saturated carbocycles. The molecule has 1 aromatic heterocycles. The molecule has 0 radical (unpaired) electrons. The highest BCUT2D eigenvalue weighted by Gasteiger charge is 2.20. The number of hydrogen-bond donors (Lipinski definition) is 2. The zero-order valence-electron chi connectivity index (χ0n) is 7.62. The second-order valence-electron chi connectivity index (χ2n) is 3.43. The van der Waals surface area contributed by atoms with Gasteiger partial charge in [0.05, 0.1) is 10.7 Å². The van der Waals surface area contributed by atoms with Gasteiger partial charge in [0.2, 0.25) is 0 Å². The van der Waals surface area contributed by atoms with Gasteiger partial charge < -0.3 is 11.1 Å². The van der Waals surface area contributed by atoms with E-state index in [0.29, 0.717) is 6.54 Å². The van der Waals surface area contributed by atoms with Crippen LogP contribution in [-0.2, 0) is 13.0 Å². The van der Waals surface area contributed by atoms with E-state index in [1.807, 2.05) is 0 Å². The Bertz CT molecular complexity index is 268. The van der Waals surface area contributed by atoms with Crippen molar-refractivity contribution in [3.8, 4) is 0 Å². The van der Waals surface area contributed by atoms with Crippen LogP contribution in [0.2, 0.25) is 0 Å². The van der Waals surface area contributed by atoms with E-state index in [1.165, 1.54) is 18.5 Å². The Morgan fingerprint density at radius 1 is 1.62 bits per heavy atom. The van der Waals surface area contributed by atoms with Crippen molar-refractivity contribution < 1.29 is 0 Å². The van der Waals surface area contributed by atoms with E-state index in [2.05, 4.69) is 15.7 Å². The molecule has 0 aliphatic heterocycles. The third kappa shape index (κ3) is 2.76. The Kier molecular flexibility index (Phi) is 2.93. The number of hydrogen-bond acceptors (Lipinski definition) is 4. The minimum atomic E-state index is 0.697. The van der Waals surface area contributed by atoms with E-state index in [9.17, 15) is 0 Å². The van der Waals surface area contributed by atoms with Crippen molar-refractivity contribution >= 4 is 11.3 Å². The lowest BCUT2D eigenvalue weighted by Gasteiger charge is -1.97. The highest BCUT2D eigenvalue weighted by atomic mass is 32.1. The predicted octanol–water partition coefficient (Wildman–Crippen LogP) is 0.896. The van der Waals surface area contributed by atoms with E-state index in [4.69, 9.17) is 5.73 Å².